The average Bonchev–Trinajstić information content (AvgIpc) is 2.73. The summed E-state index contributed by atoms with van der Waals surface area (Å²) in [7, 11) is 0. The Morgan fingerprint density at radius 3 is 2.48 bits per heavy atom. The van der Waals surface area contributed by atoms with Gasteiger partial charge in [-0.1, -0.05) is 31.0 Å². The Kier molecular flexibility index (Phi) is 7.36. The lowest BCUT2D eigenvalue weighted by Gasteiger charge is -2.11. The van der Waals surface area contributed by atoms with Gasteiger partial charge in [0.25, 0.3) is 0 Å². The number of nitrogens with one attached hydrogen (secondary N) is 3. The van der Waals surface area contributed by atoms with Crippen molar-refractivity contribution in [2.75, 3.05) is 16.2 Å². The van der Waals surface area contributed by atoms with Crippen molar-refractivity contribution in [1.29, 1.82) is 0 Å². The fraction of sp³-hybridized carbons (Fsp3) is 0.174. The maximum atomic E-state index is 15.0. The van der Waals surface area contributed by atoms with Gasteiger partial charge in [-0.2, -0.15) is 0 Å². The predicted octanol–water partition coefficient (Wildman–Crippen LogP) is 6.00. The lowest BCUT2D eigenvalue weighted by molar-refractivity contribution is 0.103. The Morgan fingerprint density at radius 1 is 1.06 bits per heavy atom. The Morgan fingerprint density at radius 2 is 1.77 bits per heavy atom. The van der Waals surface area contributed by atoms with E-state index in [1.54, 1.807) is 31.3 Å². The van der Waals surface area contributed by atoms with Crippen LogP contribution in [0, 0.1) is 18.6 Å². The number of aryl methyl sites for hydroxylation is 1. The molecule has 5 N–H and O–H groups in total. The highest BCUT2D eigenvalue weighted by atomic mass is 32.2. The van der Waals surface area contributed by atoms with Crippen LogP contribution in [0.4, 0.5) is 20.2 Å². The topological polar surface area (TPSA) is 86.7 Å². The van der Waals surface area contributed by atoms with E-state index in [0.29, 0.717) is 11.3 Å². The molecule has 0 amide bonds. The third kappa shape index (κ3) is 5.27. The lowest BCUT2D eigenvalue weighted by atomic mass is 9.98. The number of carbonyl (C=O) groups is 1. The molecule has 5 nitrogen and oxygen atoms in total. The number of hydrogen-bond acceptors (Lipinski definition) is 4. The van der Waals surface area contributed by atoms with Crippen LogP contribution in [0.1, 0.15) is 34.8 Å². The second-order valence-corrected chi connectivity index (χ2v) is 7.86. The number of hydrogen-bond donors (Lipinski definition) is 4. The number of H-pyrrole nitrogens is 2. The first-order valence-electron chi connectivity index (χ1n) is 9.78. The highest BCUT2D eigenvalue weighted by molar-refractivity contribution is 8.00. The van der Waals surface area contributed by atoms with E-state index in [4.69, 9.17) is 5.73 Å². The highest BCUT2D eigenvalue weighted by Gasteiger charge is 2.23. The molecule has 1 heterocycles. The summed E-state index contributed by atoms with van der Waals surface area (Å²) in [5, 5.41) is 5.65. The number of ketones is 1. The van der Waals surface area contributed by atoms with E-state index in [0.717, 1.165) is 29.4 Å². The normalized spacial score (nSPS) is 10.6. The van der Waals surface area contributed by atoms with Crippen LogP contribution in [0.3, 0.4) is 0 Å². The maximum Gasteiger partial charge on any atom is 0.200 e. The van der Waals surface area contributed by atoms with E-state index in [1.165, 1.54) is 24.2 Å². The van der Waals surface area contributed by atoms with Crippen molar-refractivity contribution >= 4 is 29.1 Å². The van der Waals surface area contributed by atoms with E-state index in [-0.39, 0.29) is 11.3 Å². The standard InChI is InChI=1S/C23H24F2N4OS/c1-3-10-31-29-20-9-8-19(24)21(22(20)25)23(30)18-13-28-27-12-16(11-14(18)2)15-4-6-17(26)7-5-15/h4-9,11-13,27-29H,3,10,26H2,1-2H3. The summed E-state index contributed by atoms with van der Waals surface area (Å²) in [6, 6.07) is 11.4. The number of halogens is 2. The van der Waals surface area contributed by atoms with E-state index >= 15 is 4.39 Å². The second-order valence-electron chi connectivity index (χ2n) is 6.96. The van der Waals surface area contributed by atoms with Gasteiger partial charge in [-0.3, -0.25) is 4.79 Å². The largest absolute Gasteiger partial charge is 0.399 e. The van der Waals surface area contributed by atoms with Crippen LogP contribution in [0.5, 0.6) is 0 Å². The van der Waals surface area contributed by atoms with Gasteiger partial charge in [0.15, 0.2) is 5.82 Å². The van der Waals surface area contributed by atoms with Gasteiger partial charge in [0.1, 0.15) is 5.82 Å². The van der Waals surface area contributed by atoms with Crippen LogP contribution in [-0.2, 0) is 0 Å². The molecule has 3 aromatic rings. The van der Waals surface area contributed by atoms with E-state index in [2.05, 4.69) is 14.9 Å². The van der Waals surface area contributed by atoms with Gasteiger partial charge < -0.3 is 20.7 Å². The molecule has 2 aromatic carbocycles. The summed E-state index contributed by atoms with van der Waals surface area (Å²) in [5.74, 6) is -1.82. The van der Waals surface area contributed by atoms with Crippen molar-refractivity contribution in [2.24, 2.45) is 0 Å². The molecule has 0 spiro atoms. The number of aromatic nitrogens is 2. The van der Waals surface area contributed by atoms with Crippen LogP contribution in [-0.4, -0.2) is 21.7 Å². The summed E-state index contributed by atoms with van der Waals surface area (Å²) in [5.41, 5.74) is 8.20. The first-order chi connectivity index (χ1) is 14.9. The van der Waals surface area contributed by atoms with Crippen molar-refractivity contribution in [3.05, 3.63) is 83.2 Å². The van der Waals surface area contributed by atoms with Crippen LogP contribution in [0.25, 0.3) is 11.1 Å². The minimum absolute atomic E-state index is 0.0739. The highest BCUT2D eigenvalue weighted by Crippen LogP contribution is 2.27. The Hall–Kier alpha value is -3.26. The minimum Gasteiger partial charge on any atom is -0.399 e. The van der Waals surface area contributed by atoms with Crippen molar-refractivity contribution in [3.63, 3.8) is 0 Å². The SMILES string of the molecule is CCCSNc1ccc(F)c(C(=O)c2c[nH][nH]cc(-c3ccc(N)cc3)cc2C)c1F. The Labute approximate surface area is 183 Å². The van der Waals surface area contributed by atoms with Crippen molar-refractivity contribution < 1.29 is 13.6 Å². The number of carbonyl (C=O) groups excluding carboxylic acids is 1. The number of anilines is 2. The average molecular weight is 443 g/mol. The number of aromatic amines is 2. The van der Waals surface area contributed by atoms with Crippen LogP contribution >= 0.6 is 11.9 Å². The first-order valence-corrected chi connectivity index (χ1v) is 10.8. The summed E-state index contributed by atoms with van der Waals surface area (Å²) < 4.78 is 32.4. The number of nitrogen functional groups attached to an aromatic ring is 1. The molecule has 0 bridgehead atoms. The summed E-state index contributed by atoms with van der Waals surface area (Å²) >= 11 is 1.30. The van der Waals surface area contributed by atoms with Crippen LogP contribution < -0.4 is 10.5 Å². The Bertz CT molecular complexity index is 1120. The zero-order chi connectivity index (χ0) is 22.4. The van der Waals surface area contributed by atoms with Gasteiger partial charge in [-0.15, -0.1) is 0 Å². The molecule has 0 aliphatic heterocycles. The second kappa shape index (κ2) is 10.2. The maximum absolute atomic E-state index is 15.0. The molecular weight excluding hydrogens is 418 g/mol. The third-order valence-corrected chi connectivity index (χ3v) is 5.60. The third-order valence-electron chi connectivity index (χ3n) is 4.62. The predicted molar refractivity (Wildman–Crippen MR) is 124 cm³/mol. The fourth-order valence-electron chi connectivity index (χ4n) is 2.99. The van der Waals surface area contributed by atoms with Gasteiger partial charge in [-0.05, 0) is 60.4 Å². The van der Waals surface area contributed by atoms with Gasteiger partial charge in [0.05, 0.1) is 11.3 Å². The monoisotopic (exact) mass is 442 g/mol. The minimum atomic E-state index is -0.911. The molecule has 31 heavy (non-hydrogen) atoms. The van der Waals surface area contributed by atoms with Gasteiger partial charge in [-0.25, -0.2) is 8.78 Å². The van der Waals surface area contributed by atoms with Gasteiger partial charge in [0, 0.05) is 29.4 Å². The van der Waals surface area contributed by atoms with Crippen molar-refractivity contribution in [2.45, 2.75) is 20.3 Å². The summed E-state index contributed by atoms with van der Waals surface area (Å²) in [4.78, 5) is 13.2. The molecule has 0 atom stereocenters. The number of benzene rings is 2. The smallest absolute Gasteiger partial charge is 0.200 e. The van der Waals surface area contributed by atoms with Gasteiger partial charge >= 0.3 is 0 Å². The molecule has 0 aliphatic carbocycles. The summed E-state index contributed by atoms with van der Waals surface area (Å²) in [6.45, 7) is 3.71. The quantitative estimate of drug-likeness (QED) is 0.156. The zero-order valence-corrected chi connectivity index (χ0v) is 18.1. The molecule has 0 fully saturated rings. The molecule has 0 unspecified atom stereocenters. The van der Waals surface area contributed by atoms with E-state index < -0.39 is 23.0 Å². The lowest BCUT2D eigenvalue weighted by Crippen LogP contribution is -2.11. The number of nitrogens with two attached hydrogens (primary N) is 1. The molecule has 3 rings (SSSR count). The van der Waals surface area contributed by atoms with Crippen LogP contribution in [0.15, 0.2) is 54.9 Å². The molecule has 0 saturated heterocycles. The zero-order valence-electron chi connectivity index (χ0n) is 17.3. The Balaban J connectivity index is 2.04. The molecule has 0 aliphatic rings. The molecule has 1 aromatic heterocycles. The van der Waals surface area contributed by atoms with Crippen molar-refractivity contribution in [3.8, 4) is 11.1 Å². The molecule has 162 valence electrons. The van der Waals surface area contributed by atoms with E-state index in [9.17, 15) is 9.18 Å². The number of rotatable bonds is 7. The van der Waals surface area contributed by atoms with Crippen molar-refractivity contribution in [1.82, 2.24) is 10.2 Å². The molecular formula is C23H24F2N4OS. The van der Waals surface area contributed by atoms with E-state index in [1.807, 2.05) is 19.1 Å². The molecule has 0 saturated carbocycles. The molecule has 8 heteroatoms. The van der Waals surface area contributed by atoms with Crippen LogP contribution in [0.2, 0.25) is 0 Å². The summed E-state index contributed by atoms with van der Waals surface area (Å²) in [6.07, 6.45) is 4.02. The fourth-order valence-corrected chi connectivity index (χ4v) is 3.61. The molecule has 0 radical (unpaired) electrons. The van der Waals surface area contributed by atoms with Gasteiger partial charge in [0.2, 0.25) is 5.78 Å². The first kappa shape index (κ1) is 22.4.